The minimum atomic E-state index is -0.397. The summed E-state index contributed by atoms with van der Waals surface area (Å²) in [6.45, 7) is 6.62. The van der Waals surface area contributed by atoms with Gasteiger partial charge in [-0.05, 0) is 41.8 Å². The molecule has 0 saturated carbocycles. The van der Waals surface area contributed by atoms with E-state index in [9.17, 15) is 4.39 Å². The third-order valence-electron chi connectivity index (χ3n) is 5.05. The van der Waals surface area contributed by atoms with Gasteiger partial charge in [0, 0.05) is 26.9 Å². The lowest BCUT2D eigenvalue weighted by Gasteiger charge is -2.29. The van der Waals surface area contributed by atoms with Crippen LogP contribution in [0.5, 0.6) is 5.75 Å². The summed E-state index contributed by atoms with van der Waals surface area (Å²) in [5.74, 6) is 0.227. The lowest BCUT2D eigenvalue weighted by Crippen LogP contribution is -2.22. The summed E-state index contributed by atoms with van der Waals surface area (Å²) in [5, 5.41) is 2.11. The first-order valence-electron chi connectivity index (χ1n) is 9.61. The first kappa shape index (κ1) is 20.2. The summed E-state index contributed by atoms with van der Waals surface area (Å²) in [4.78, 5) is 5.66. The van der Waals surface area contributed by atoms with E-state index in [2.05, 4.69) is 62.2 Å². The number of benzene rings is 2. The van der Waals surface area contributed by atoms with Crippen LogP contribution in [-0.2, 0) is 6.42 Å². The SMILES string of the molecule is CC(C)(C)Cc1ncc(C2Oc3cc(Br)cc(F)c3-c3cc4cc(Br)ccc4n32)s1. The zero-order chi connectivity index (χ0) is 21.2. The van der Waals surface area contributed by atoms with Crippen LogP contribution in [0.2, 0.25) is 0 Å². The topological polar surface area (TPSA) is 27.1 Å². The maximum Gasteiger partial charge on any atom is 0.213 e. The zero-order valence-electron chi connectivity index (χ0n) is 16.7. The minimum absolute atomic E-state index is 0.153. The molecule has 154 valence electrons. The molecule has 4 aromatic rings. The molecule has 3 heterocycles. The van der Waals surface area contributed by atoms with E-state index in [-0.39, 0.29) is 11.2 Å². The van der Waals surface area contributed by atoms with Gasteiger partial charge in [-0.3, -0.25) is 4.57 Å². The predicted octanol–water partition coefficient (Wildman–Crippen LogP) is 7.96. The van der Waals surface area contributed by atoms with E-state index in [0.29, 0.717) is 15.8 Å². The highest BCUT2D eigenvalue weighted by Gasteiger charge is 2.32. The quantitative estimate of drug-likeness (QED) is 0.253. The van der Waals surface area contributed by atoms with Crippen LogP contribution in [0, 0.1) is 11.2 Å². The fourth-order valence-electron chi connectivity index (χ4n) is 3.88. The third kappa shape index (κ3) is 3.51. The molecule has 1 aliphatic heterocycles. The van der Waals surface area contributed by atoms with Crippen molar-refractivity contribution in [2.24, 2.45) is 5.41 Å². The highest BCUT2D eigenvalue weighted by atomic mass is 79.9. The maximum absolute atomic E-state index is 15.0. The van der Waals surface area contributed by atoms with Crippen molar-refractivity contribution in [3.63, 3.8) is 0 Å². The average Bonchev–Trinajstić information content (AvgIpc) is 3.22. The molecular weight excluding hydrogens is 531 g/mol. The molecule has 0 fully saturated rings. The number of halogens is 3. The van der Waals surface area contributed by atoms with Crippen LogP contribution >= 0.6 is 43.2 Å². The Morgan fingerprint density at radius 2 is 1.93 bits per heavy atom. The molecule has 0 aliphatic carbocycles. The Labute approximate surface area is 195 Å². The highest BCUT2D eigenvalue weighted by Crippen LogP contribution is 2.47. The maximum atomic E-state index is 15.0. The molecule has 7 heteroatoms. The van der Waals surface area contributed by atoms with E-state index < -0.39 is 6.23 Å². The van der Waals surface area contributed by atoms with E-state index in [1.165, 1.54) is 6.07 Å². The minimum Gasteiger partial charge on any atom is -0.464 e. The molecule has 1 unspecified atom stereocenters. The van der Waals surface area contributed by atoms with Gasteiger partial charge < -0.3 is 4.74 Å². The fraction of sp³-hybridized carbons (Fsp3) is 0.261. The van der Waals surface area contributed by atoms with Crippen LogP contribution in [-0.4, -0.2) is 9.55 Å². The molecule has 5 rings (SSSR count). The summed E-state index contributed by atoms with van der Waals surface area (Å²) >= 11 is 8.60. The number of hydrogen-bond acceptors (Lipinski definition) is 3. The van der Waals surface area contributed by atoms with E-state index in [1.54, 1.807) is 11.3 Å². The molecule has 1 aliphatic rings. The Kier molecular flexibility index (Phi) is 4.84. The smallest absolute Gasteiger partial charge is 0.213 e. The van der Waals surface area contributed by atoms with Crippen molar-refractivity contribution < 1.29 is 9.13 Å². The lowest BCUT2D eigenvalue weighted by atomic mass is 9.93. The van der Waals surface area contributed by atoms with Crippen LogP contribution in [0.4, 0.5) is 4.39 Å². The van der Waals surface area contributed by atoms with Crippen molar-refractivity contribution in [3.8, 4) is 17.0 Å². The van der Waals surface area contributed by atoms with Crippen LogP contribution in [0.15, 0.2) is 51.5 Å². The van der Waals surface area contributed by atoms with E-state index in [4.69, 9.17) is 4.74 Å². The van der Waals surface area contributed by atoms with Crippen LogP contribution in [0.25, 0.3) is 22.2 Å². The summed E-state index contributed by atoms with van der Waals surface area (Å²) in [6, 6.07) is 11.4. The van der Waals surface area contributed by atoms with Gasteiger partial charge in [0.05, 0.1) is 26.7 Å². The van der Waals surface area contributed by atoms with Crippen LogP contribution in [0.1, 0.15) is 36.9 Å². The summed E-state index contributed by atoms with van der Waals surface area (Å²) in [5.41, 5.74) is 2.45. The van der Waals surface area contributed by atoms with Gasteiger partial charge in [-0.2, -0.15) is 0 Å². The number of rotatable bonds is 2. The van der Waals surface area contributed by atoms with Crippen molar-refractivity contribution >= 4 is 54.1 Å². The van der Waals surface area contributed by atoms with Gasteiger partial charge >= 0.3 is 0 Å². The first-order chi connectivity index (χ1) is 14.2. The Bertz CT molecular complexity index is 1290. The molecule has 2 aromatic heterocycles. The Morgan fingerprint density at radius 3 is 2.70 bits per heavy atom. The number of ether oxygens (including phenoxy) is 1. The van der Waals surface area contributed by atoms with Crippen molar-refractivity contribution in [2.75, 3.05) is 0 Å². The molecule has 3 nitrogen and oxygen atoms in total. The molecule has 0 saturated heterocycles. The number of nitrogens with zero attached hydrogens (tertiary/aromatic N) is 2. The number of hydrogen-bond donors (Lipinski definition) is 0. The monoisotopic (exact) mass is 548 g/mol. The van der Waals surface area contributed by atoms with Crippen molar-refractivity contribution in [3.05, 3.63) is 67.2 Å². The average molecular weight is 550 g/mol. The van der Waals surface area contributed by atoms with Gasteiger partial charge in [-0.25, -0.2) is 9.37 Å². The van der Waals surface area contributed by atoms with Crippen molar-refractivity contribution in [2.45, 2.75) is 33.4 Å². The van der Waals surface area contributed by atoms with Crippen molar-refractivity contribution in [1.29, 1.82) is 0 Å². The van der Waals surface area contributed by atoms with E-state index in [0.717, 1.165) is 37.4 Å². The fourth-order valence-corrected chi connectivity index (χ4v) is 5.91. The second kappa shape index (κ2) is 7.18. The van der Waals surface area contributed by atoms with Crippen LogP contribution in [0.3, 0.4) is 0 Å². The van der Waals surface area contributed by atoms with Gasteiger partial charge in [0.25, 0.3) is 0 Å². The highest BCUT2D eigenvalue weighted by molar-refractivity contribution is 9.10. The Hall–Kier alpha value is -1.70. The number of thiazole rings is 1. The summed E-state index contributed by atoms with van der Waals surface area (Å²) < 4.78 is 25.1. The lowest BCUT2D eigenvalue weighted by molar-refractivity contribution is 0.175. The second-order valence-electron chi connectivity index (χ2n) is 8.73. The van der Waals surface area contributed by atoms with Gasteiger partial charge in [-0.15, -0.1) is 11.3 Å². The molecular formula is C23H19Br2FN2OS. The third-order valence-corrected chi connectivity index (χ3v) is 7.02. The molecule has 0 amide bonds. The molecule has 30 heavy (non-hydrogen) atoms. The summed E-state index contributed by atoms with van der Waals surface area (Å²) in [6.07, 6.45) is 2.39. The Balaban J connectivity index is 1.72. The van der Waals surface area contributed by atoms with Gasteiger partial charge in [-0.1, -0.05) is 52.6 Å². The number of aromatic nitrogens is 2. The predicted molar refractivity (Wildman–Crippen MR) is 127 cm³/mol. The Morgan fingerprint density at radius 1 is 1.13 bits per heavy atom. The molecule has 0 radical (unpaired) electrons. The standard InChI is InChI=1S/C23H19Br2FN2OS/c1-23(2,3)10-20-27-11-19(30-20)22-28-16-5-4-13(24)6-12(16)7-17(28)21-15(26)8-14(25)9-18(21)29-22/h4-9,11,22H,10H2,1-3H3. The van der Waals surface area contributed by atoms with Crippen molar-refractivity contribution in [1.82, 2.24) is 9.55 Å². The molecule has 0 N–H and O–H groups in total. The van der Waals surface area contributed by atoms with Crippen LogP contribution < -0.4 is 4.74 Å². The summed E-state index contributed by atoms with van der Waals surface area (Å²) in [7, 11) is 0. The molecule has 1 atom stereocenters. The normalized spacial score (nSPS) is 15.7. The van der Waals surface area contributed by atoms with E-state index in [1.807, 2.05) is 36.5 Å². The van der Waals surface area contributed by atoms with Gasteiger partial charge in [0.2, 0.25) is 6.23 Å². The van der Waals surface area contributed by atoms with E-state index >= 15 is 0 Å². The molecule has 0 bridgehead atoms. The zero-order valence-corrected chi connectivity index (χ0v) is 20.7. The first-order valence-corrected chi connectivity index (χ1v) is 12.0. The largest absolute Gasteiger partial charge is 0.464 e. The molecule has 2 aromatic carbocycles. The number of fused-ring (bicyclic) bond motifs is 5. The second-order valence-corrected chi connectivity index (χ2v) is 11.7. The van der Waals surface area contributed by atoms with Gasteiger partial charge in [0.15, 0.2) is 0 Å². The molecule has 0 spiro atoms. The van der Waals surface area contributed by atoms with Gasteiger partial charge in [0.1, 0.15) is 11.6 Å².